The van der Waals surface area contributed by atoms with Crippen LogP contribution in [-0.2, 0) is 4.74 Å². The lowest BCUT2D eigenvalue weighted by Gasteiger charge is -2.27. The molecule has 0 bridgehead atoms. The number of nitrogens with zero attached hydrogens (tertiary/aromatic N) is 1. The van der Waals surface area contributed by atoms with E-state index in [1.807, 2.05) is 44.2 Å². The molecule has 0 heterocycles. The minimum Gasteiger partial charge on any atom is -0.506 e. The van der Waals surface area contributed by atoms with Crippen molar-refractivity contribution in [2.75, 3.05) is 20.3 Å². The third kappa shape index (κ3) is 3.16. The molecule has 0 atom stereocenters. The van der Waals surface area contributed by atoms with Crippen molar-refractivity contribution in [1.29, 1.82) is 0 Å². The van der Waals surface area contributed by atoms with Crippen LogP contribution in [0, 0.1) is 0 Å². The first-order valence-electron chi connectivity index (χ1n) is 7.07. The van der Waals surface area contributed by atoms with Gasteiger partial charge in [-0.05, 0) is 25.3 Å². The maximum atomic E-state index is 12.7. The monoisotopic (exact) mass is 287 g/mol. The molecule has 2 aromatic rings. The number of rotatable bonds is 5. The number of carbonyl (C=O) groups is 1. The Bertz CT molecular complexity index is 637. The number of amides is 1. The normalized spacial score (nSPS) is 11.0. The molecule has 0 radical (unpaired) electrons. The molecule has 0 saturated carbocycles. The summed E-state index contributed by atoms with van der Waals surface area (Å²) in [6.45, 7) is 4.87. The van der Waals surface area contributed by atoms with Gasteiger partial charge < -0.3 is 14.7 Å². The van der Waals surface area contributed by atoms with Crippen LogP contribution >= 0.6 is 0 Å². The summed E-state index contributed by atoms with van der Waals surface area (Å²) < 4.78 is 5.05. The molecular weight excluding hydrogens is 266 g/mol. The minimum absolute atomic E-state index is 0.0403. The van der Waals surface area contributed by atoms with Crippen molar-refractivity contribution >= 4 is 16.7 Å². The van der Waals surface area contributed by atoms with Gasteiger partial charge in [-0.1, -0.05) is 30.3 Å². The predicted octanol–water partition coefficient (Wildman–Crippen LogP) is 3.04. The zero-order valence-electron chi connectivity index (χ0n) is 12.7. The smallest absolute Gasteiger partial charge is 0.257 e. The Balaban J connectivity index is 2.39. The average Bonchev–Trinajstić information content (AvgIpc) is 2.47. The van der Waals surface area contributed by atoms with E-state index in [0.717, 1.165) is 5.39 Å². The van der Waals surface area contributed by atoms with E-state index in [4.69, 9.17) is 4.74 Å². The number of benzene rings is 2. The average molecular weight is 287 g/mol. The highest BCUT2D eigenvalue weighted by molar-refractivity contribution is 6.03. The van der Waals surface area contributed by atoms with E-state index >= 15 is 0 Å². The van der Waals surface area contributed by atoms with Crippen molar-refractivity contribution in [3.05, 3.63) is 42.0 Å². The van der Waals surface area contributed by atoms with Crippen molar-refractivity contribution in [1.82, 2.24) is 4.90 Å². The lowest BCUT2D eigenvalue weighted by molar-refractivity contribution is 0.0632. The van der Waals surface area contributed by atoms with Crippen LogP contribution in [0.2, 0.25) is 0 Å². The highest BCUT2D eigenvalue weighted by atomic mass is 16.5. The Morgan fingerprint density at radius 1 is 1.24 bits per heavy atom. The molecule has 4 nitrogen and oxygen atoms in total. The molecule has 2 rings (SSSR count). The second kappa shape index (κ2) is 6.59. The van der Waals surface area contributed by atoms with Crippen molar-refractivity contribution < 1.29 is 14.6 Å². The molecule has 0 fully saturated rings. The molecule has 0 aliphatic rings. The van der Waals surface area contributed by atoms with E-state index in [1.165, 1.54) is 0 Å². The van der Waals surface area contributed by atoms with Gasteiger partial charge in [-0.3, -0.25) is 4.79 Å². The Hall–Kier alpha value is -2.07. The second-order valence-corrected chi connectivity index (χ2v) is 5.27. The van der Waals surface area contributed by atoms with Gasteiger partial charge in [-0.25, -0.2) is 0 Å². The summed E-state index contributed by atoms with van der Waals surface area (Å²) in [6.07, 6.45) is 0. The summed E-state index contributed by atoms with van der Waals surface area (Å²) in [4.78, 5) is 14.4. The number of carbonyl (C=O) groups excluding carboxylic acids is 1. The Labute approximate surface area is 124 Å². The first-order valence-corrected chi connectivity index (χ1v) is 7.07. The summed E-state index contributed by atoms with van der Waals surface area (Å²) >= 11 is 0. The zero-order valence-corrected chi connectivity index (χ0v) is 12.7. The lowest BCUT2D eigenvalue weighted by atomic mass is 10.0. The molecule has 1 amide bonds. The summed E-state index contributed by atoms with van der Waals surface area (Å²) in [5.74, 6) is -0.133. The standard InChI is InChI=1S/C17H21NO3/c1-12(2)18(10-11-21-3)17(20)15-9-8-13-6-4-5-7-14(13)16(15)19/h4-9,12,19H,10-11H2,1-3H3. The summed E-state index contributed by atoms with van der Waals surface area (Å²) in [5, 5.41) is 12.0. The van der Waals surface area contributed by atoms with Crippen molar-refractivity contribution in [3.8, 4) is 5.75 Å². The molecule has 2 aromatic carbocycles. The van der Waals surface area contributed by atoms with Gasteiger partial charge in [0.2, 0.25) is 0 Å². The third-order valence-electron chi connectivity index (χ3n) is 3.55. The van der Waals surface area contributed by atoms with Gasteiger partial charge in [0.15, 0.2) is 0 Å². The number of fused-ring (bicyclic) bond motifs is 1. The van der Waals surface area contributed by atoms with Crippen molar-refractivity contribution in [2.45, 2.75) is 19.9 Å². The number of methoxy groups -OCH3 is 1. The zero-order chi connectivity index (χ0) is 15.4. The first kappa shape index (κ1) is 15.3. The summed E-state index contributed by atoms with van der Waals surface area (Å²) in [7, 11) is 1.61. The maximum absolute atomic E-state index is 12.7. The van der Waals surface area contributed by atoms with Crippen LogP contribution in [0.5, 0.6) is 5.75 Å². The lowest BCUT2D eigenvalue weighted by Crippen LogP contribution is -2.39. The maximum Gasteiger partial charge on any atom is 0.257 e. The fourth-order valence-electron chi connectivity index (χ4n) is 2.37. The molecule has 0 saturated heterocycles. The topological polar surface area (TPSA) is 49.8 Å². The number of hydrogen-bond acceptors (Lipinski definition) is 3. The Kier molecular flexibility index (Phi) is 4.81. The molecule has 0 unspecified atom stereocenters. The molecule has 0 aliphatic carbocycles. The van der Waals surface area contributed by atoms with Gasteiger partial charge in [0, 0.05) is 25.1 Å². The van der Waals surface area contributed by atoms with Crippen LogP contribution in [-0.4, -0.2) is 42.2 Å². The predicted molar refractivity (Wildman–Crippen MR) is 83.7 cm³/mol. The Morgan fingerprint density at radius 3 is 2.62 bits per heavy atom. The molecule has 4 heteroatoms. The highest BCUT2D eigenvalue weighted by Crippen LogP contribution is 2.29. The molecule has 0 spiro atoms. The molecule has 21 heavy (non-hydrogen) atoms. The van der Waals surface area contributed by atoms with E-state index in [-0.39, 0.29) is 17.7 Å². The molecular formula is C17H21NO3. The molecule has 112 valence electrons. The van der Waals surface area contributed by atoms with E-state index in [1.54, 1.807) is 18.1 Å². The van der Waals surface area contributed by atoms with Crippen LogP contribution in [0.3, 0.4) is 0 Å². The molecule has 1 N–H and O–H groups in total. The highest BCUT2D eigenvalue weighted by Gasteiger charge is 2.22. The quantitative estimate of drug-likeness (QED) is 0.919. The second-order valence-electron chi connectivity index (χ2n) is 5.27. The minimum atomic E-state index is -0.176. The van der Waals surface area contributed by atoms with Crippen molar-refractivity contribution in [3.63, 3.8) is 0 Å². The summed E-state index contributed by atoms with van der Waals surface area (Å²) in [6, 6.07) is 11.1. The van der Waals surface area contributed by atoms with Crippen LogP contribution in [0.25, 0.3) is 10.8 Å². The van der Waals surface area contributed by atoms with Crippen LogP contribution in [0.1, 0.15) is 24.2 Å². The summed E-state index contributed by atoms with van der Waals surface area (Å²) in [5.41, 5.74) is 0.332. The number of ether oxygens (including phenoxy) is 1. The number of phenolic OH excluding ortho intramolecular Hbond substituents is 1. The van der Waals surface area contributed by atoms with Gasteiger partial charge in [-0.15, -0.1) is 0 Å². The SMILES string of the molecule is COCCN(C(=O)c1ccc2ccccc2c1O)C(C)C. The van der Waals surface area contributed by atoms with E-state index in [9.17, 15) is 9.90 Å². The van der Waals surface area contributed by atoms with Gasteiger partial charge >= 0.3 is 0 Å². The van der Waals surface area contributed by atoms with Crippen LogP contribution < -0.4 is 0 Å². The van der Waals surface area contributed by atoms with Gasteiger partial charge in [-0.2, -0.15) is 0 Å². The van der Waals surface area contributed by atoms with E-state index in [0.29, 0.717) is 24.1 Å². The number of hydrogen-bond donors (Lipinski definition) is 1. The van der Waals surface area contributed by atoms with Gasteiger partial charge in [0.25, 0.3) is 5.91 Å². The van der Waals surface area contributed by atoms with Gasteiger partial charge in [0.05, 0.1) is 12.2 Å². The van der Waals surface area contributed by atoms with Gasteiger partial charge in [0.1, 0.15) is 5.75 Å². The van der Waals surface area contributed by atoms with E-state index in [2.05, 4.69) is 0 Å². The Morgan fingerprint density at radius 2 is 1.95 bits per heavy atom. The fraction of sp³-hybridized carbons (Fsp3) is 0.353. The molecule has 0 aromatic heterocycles. The van der Waals surface area contributed by atoms with E-state index < -0.39 is 0 Å². The number of aromatic hydroxyl groups is 1. The third-order valence-corrected chi connectivity index (χ3v) is 3.55. The fourth-order valence-corrected chi connectivity index (χ4v) is 2.37. The largest absolute Gasteiger partial charge is 0.506 e. The van der Waals surface area contributed by atoms with Crippen LogP contribution in [0.15, 0.2) is 36.4 Å². The van der Waals surface area contributed by atoms with Crippen LogP contribution in [0.4, 0.5) is 0 Å². The molecule has 0 aliphatic heterocycles. The number of phenols is 1. The van der Waals surface area contributed by atoms with Crippen molar-refractivity contribution in [2.24, 2.45) is 0 Å². The first-order chi connectivity index (χ1) is 10.1.